The third-order valence-electron chi connectivity index (χ3n) is 7.95. The second-order valence-corrected chi connectivity index (χ2v) is 9.03. The Morgan fingerprint density at radius 3 is 1.53 bits per heavy atom. The van der Waals surface area contributed by atoms with Gasteiger partial charge in [-0.05, 0) is 84.9 Å². The lowest BCUT2D eigenvalue weighted by atomic mass is 9.65. The summed E-state index contributed by atoms with van der Waals surface area (Å²) in [6, 6.07) is 0. The maximum absolute atomic E-state index is 2.50. The van der Waals surface area contributed by atoms with Gasteiger partial charge in [-0.2, -0.15) is 0 Å². The molecule has 108 valence electrons. The molecule has 4 saturated carbocycles. The summed E-state index contributed by atoms with van der Waals surface area (Å²) in [5, 5.41) is 0. The minimum atomic E-state index is 0.926. The smallest absolute Gasteiger partial charge is 0.0318 e. The minimum absolute atomic E-state index is 0.926. The van der Waals surface area contributed by atoms with Crippen LogP contribution in [0.3, 0.4) is 0 Å². The number of hydrogen-bond donors (Lipinski definition) is 0. The standard InChI is InChI=1S/C19H32/c1-10(2)14-8-15(11(3)4)19-17-9-16(18(14)19)12-6-5-7-13(12)17/h10-19H,5-9H2,1-4H3. The Bertz CT molecular complexity index is 323. The summed E-state index contributed by atoms with van der Waals surface area (Å²) in [4.78, 5) is 0. The summed E-state index contributed by atoms with van der Waals surface area (Å²) in [7, 11) is 0. The third-order valence-corrected chi connectivity index (χ3v) is 7.95. The van der Waals surface area contributed by atoms with Crippen LogP contribution in [0.4, 0.5) is 0 Å². The van der Waals surface area contributed by atoms with Crippen molar-refractivity contribution in [3.8, 4) is 0 Å². The molecule has 0 nitrogen and oxygen atoms in total. The highest BCUT2D eigenvalue weighted by atomic mass is 14.7. The zero-order chi connectivity index (χ0) is 13.3. The number of rotatable bonds is 2. The Kier molecular flexibility index (Phi) is 2.84. The first-order chi connectivity index (χ1) is 9.09. The Hall–Kier alpha value is 0. The Labute approximate surface area is 119 Å². The highest BCUT2D eigenvalue weighted by molar-refractivity contribution is 5.13. The maximum atomic E-state index is 2.50. The number of fused-ring (bicyclic) bond motifs is 8. The van der Waals surface area contributed by atoms with Crippen molar-refractivity contribution >= 4 is 0 Å². The van der Waals surface area contributed by atoms with Gasteiger partial charge >= 0.3 is 0 Å². The van der Waals surface area contributed by atoms with Gasteiger partial charge in [0.25, 0.3) is 0 Å². The molecule has 2 bridgehead atoms. The summed E-state index contributed by atoms with van der Waals surface area (Å²) in [5.74, 6) is 10.9. The molecular weight excluding hydrogens is 228 g/mol. The number of hydrogen-bond acceptors (Lipinski definition) is 0. The second kappa shape index (κ2) is 4.25. The molecule has 0 aromatic rings. The Morgan fingerprint density at radius 2 is 1.11 bits per heavy atom. The first-order valence-electron chi connectivity index (χ1n) is 9.09. The van der Waals surface area contributed by atoms with Crippen LogP contribution in [0.15, 0.2) is 0 Å². The van der Waals surface area contributed by atoms with E-state index < -0.39 is 0 Å². The second-order valence-electron chi connectivity index (χ2n) is 9.03. The van der Waals surface area contributed by atoms with Crippen molar-refractivity contribution < 1.29 is 0 Å². The van der Waals surface area contributed by atoms with E-state index in [1.54, 1.807) is 32.1 Å². The molecule has 4 aliphatic carbocycles. The fourth-order valence-electron chi connectivity index (χ4n) is 7.47. The van der Waals surface area contributed by atoms with Gasteiger partial charge in [-0.3, -0.25) is 0 Å². The average molecular weight is 260 g/mol. The van der Waals surface area contributed by atoms with Gasteiger partial charge in [0.1, 0.15) is 0 Å². The van der Waals surface area contributed by atoms with E-state index in [1.165, 1.54) is 11.8 Å². The summed E-state index contributed by atoms with van der Waals surface area (Å²) in [6.45, 7) is 10.0. The fraction of sp³-hybridized carbons (Fsp3) is 1.00. The van der Waals surface area contributed by atoms with Gasteiger partial charge in [0.15, 0.2) is 0 Å². The summed E-state index contributed by atoms with van der Waals surface area (Å²) < 4.78 is 0. The Balaban J connectivity index is 1.68. The topological polar surface area (TPSA) is 0 Å². The predicted octanol–water partition coefficient (Wildman–Crippen LogP) is 5.23. The van der Waals surface area contributed by atoms with E-state index in [2.05, 4.69) is 27.7 Å². The molecule has 8 atom stereocenters. The first kappa shape index (κ1) is 12.7. The van der Waals surface area contributed by atoms with Crippen LogP contribution < -0.4 is 0 Å². The van der Waals surface area contributed by atoms with Crippen LogP contribution in [-0.4, -0.2) is 0 Å². The van der Waals surface area contributed by atoms with E-state index in [1.807, 2.05) is 0 Å². The van der Waals surface area contributed by atoms with Crippen LogP contribution in [0, 0.1) is 59.2 Å². The zero-order valence-electron chi connectivity index (χ0n) is 13.3. The summed E-state index contributed by atoms with van der Waals surface area (Å²) in [5.41, 5.74) is 0. The van der Waals surface area contributed by atoms with E-state index in [0.717, 1.165) is 47.3 Å². The zero-order valence-corrected chi connectivity index (χ0v) is 13.3. The van der Waals surface area contributed by atoms with Crippen LogP contribution in [0.25, 0.3) is 0 Å². The largest absolute Gasteiger partial charge is 0.0625 e. The minimum Gasteiger partial charge on any atom is -0.0625 e. The molecule has 4 rings (SSSR count). The normalized spacial score (nSPS) is 55.3. The molecule has 4 fully saturated rings. The van der Waals surface area contributed by atoms with Crippen molar-refractivity contribution in [2.75, 3.05) is 0 Å². The van der Waals surface area contributed by atoms with Gasteiger partial charge in [-0.1, -0.05) is 34.1 Å². The van der Waals surface area contributed by atoms with Crippen molar-refractivity contribution in [3.05, 3.63) is 0 Å². The van der Waals surface area contributed by atoms with E-state index in [4.69, 9.17) is 0 Å². The van der Waals surface area contributed by atoms with Crippen LogP contribution in [0.5, 0.6) is 0 Å². The van der Waals surface area contributed by atoms with Gasteiger partial charge in [0.05, 0.1) is 0 Å². The third kappa shape index (κ3) is 1.58. The quantitative estimate of drug-likeness (QED) is 0.637. The van der Waals surface area contributed by atoms with Crippen molar-refractivity contribution in [2.24, 2.45) is 59.2 Å². The van der Waals surface area contributed by atoms with E-state index >= 15 is 0 Å². The van der Waals surface area contributed by atoms with Gasteiger partial charge in [-0.15, -0.1) is 0 Å². The van der Waals surface area contributed by atoms with Crippen molar-refractivity contribution in [2.45, 2.75) is 59.8 Å². The molecule has 0 aromatic carbocycles. The molecule has 0 heterocycles. The highest BCUT2D eigenvalue weighted by Crippen LogP contribution is 2.71. The lowest BCUT2D eigenvalue weighted by Gasteiger charge is -2.40. The van der Waals surface area contributed by atoms with Gasteiger partial charge in [0, 0.05) is 0 Å². The Morgan fingerprint density at radius 1 is 0.632 bits per heavy atom. The van der Waals surface area contributed by atoms with E-state index in [9.17, 15) is 0 Å². The first-order valence-corrected chi connectivity index (χ1v) is 9.09. The molecule has 0 N–H and O–H groups in total. The summed E-state index contributed by atoms with van der Waals surface area (Å²) >= 11 is 0. The molecule has 0 aromatic heterocycles. The van der Waals surface area contributed by atoms with Crippen LogP contribution >= 0.6 is 0 Å². The molecule has 0 amide bonds. The van der Waals surface area contributed by atoms with Crippen molar-refractivity contribution in [1.82, 2.24) is 0 Å². The van der Waals surface area contributed by atoms with Crippen molar-refractivity contribution in [3.63, 3.8) is 0 Å². The van der Waals surface area contributed by atoms with E-state index in [-0.39, 0.29) is 0 Å². The van der Waals surface area contributed by atoms with Gasteiger partial charge < -0.3 is 0 Å². The molecule has 8 unspecified atom stereocenters. The fourth-order valence-corrected chi connectivity index (χ4v) is 7.47. The average Bonchev–Trinajstić information content (AvgIpc) is 3.05. The summed E-state index contributed by atoms with van der Waals surface area (Å²) in [6.07, 6.45) is 7.94. The molecule has 0 radical (unpaired) electrons. The lowest BCUT2D eigenvalue weighted by molar-refractivity contribution is 0.0775. The molecule has 0 saturated heterocycles. The molecule has 19 heavy (non-hydrogen) atoms. The van der Waals surface area contributed by atoms with Crippen LogP contribution in [-0.2, 0) is 0 Å². The predicted molar refractivity (Wildman–Crippen MR) is 80.7 cm³/mol. The molecule has 0 heteroatoms. The molecular formula is C19H32. The molecule has 0 aliphatic heterocycles. The lowest BCUT2D eigenvalue weighted by Crippen LogP contribution is -2.35. The SMILES string of the molecule is CC(C)C1CC(C(C)C)C2C3CC(C4CCCC43)C12. The maximum Gasteiger partial charge on any atom is -0.0318 e. The molecule has 4 aliphatic rings. The molecule has 0 spiro atoms. The van der Waals surface area contributed by atoms with Crippen molar-refractivity contribution in [1.29, 1.82) is 0 Å². The van der Waals surface area contributed by atoms with E-state index in [0.29, 0.717) is 0 Å². The monoisotopic (exact) mass is 260 g/mol. The highest BCUT2D eigenvalue weighted by Gasteiger charge is 2.64. The van der Waals surface area contributed by atoms with Gasteiger partial charge in [-0.25, -0.2) is 0 Å². The van der Waals surface area contributed by atoms with Crippen LogP contribution in [0.1, 0.15) is 59.8 Å². The van der Waals surface area contributed by atoms with Gasteiger partial charge in [0.2, 0.25) is 0 Å². The van der Waals surface area contributed by atoms with Crippen LogP contribution in [0.2, 0.25) is 0 Å².